The summed E-state index contributed by atoms with van der Waals surface area (Å²) in [6.45, 7) is 7.93. The molecular weight excluding hydrogens is 172 g/mol. The van der Waals surface area contributed by atoms with Gasteiger partial charge in [0.2, 0.25) is 0 Å². The summed E-state index contributed by atoms with van der Waals surface area (Å²) >= 11 is 0. The third kappa shape index (κ3) is 6.91. The van der Waals surface area contributed by atoms with E-state index in [9.17, 15) is 0 Å². The number of nitrogens with zero attached hydrogens (tertiary/aromatic N) is 2. The SMILES string of the molecule is CC(C)CC(C)N(C)CCCCC#N. The molecule has 82 valence electrons. The van der Waals surface area contributed by atoms with Gasteiger partial charge in [-0.2, -0.15) is 5.26 Å². The van der Waals surface area contributed by atoms with Crippen LogP contribution in [0.1, 0.15) is 46.5 Å². The Morgan fingerprint density at radius 3 is 2.36 bits per heavy atom. The molecule has 14 heavy (non-hydrogen) atoms. The lowest BCUT2D eigenvalue weighted by Crippen LogP contribution is -2.31. The van der Waals surface area contributed by atoms with E-state index in [-0.39, 0.29) is 0 Å². The summed E-state index contributed by atoms with van der Waals surface area (Å²) in [6.07, 6.45) is 4.14. The molecule has 0 fully saturated rings. The van der Waals surface area contributed by atoms with Crippen LogP contribution in [0.4, 0.5) is 0 Å². The maximum atomic E-state index is 8.40. The highest BCUT2D eigenvalue weighted by molar-refractivity contribution is 4.70. The average Bonchev–Trinajstić information content (AvgIpc) is 2.11. The van der Waals surface area contributed by atoms with Crippen molar-refractivity contribution < 1.29 is 0 Å². The molecular formula is C12H24N2. The zero-order valence-electron chi connectivity index (χ0n) is 10.1. The number of rotatable bonds is 7. The number of hydrogen-bond acceptors (Lipinski definition) is 2. The molecule has 0 aliphatic heterocycles. The van der Waals surface area contributed by atoms with Crippen LogP contribution in [0.3, 0.4) is 0 Å². The van der Waals surface area contributed by atoms with Gasteiger partial charge in [-0.3, -0.25) is 0 Å². The fourth-order valence-corrected chi connectivity index (χ4v) is 1.65. The Morgan fingerprint density at radius 1 is 1.21 bits per heavy atom. The van der Waals surface area contributed by atoms with Crippen molar-refractivity contribution in [1.29, 1.82) is 5.26 Å². The molecule has 0 aromatic heterocycles. The molecule has 0 amide bonds. The van der Waals surface area contributed by atoms with Crippen molar-refractivity contribution in [2.45, 2.75) is 52.5 Å². The second-order valence-corrected chi connectivity index (χ2v) is 4.57. The molecule has 0 heterocycles. The van der Waals surface area contributed by atoms with Gasteiger partial charge in [0.15, 0.2) is 0 Å². The molecule has 0 aromatic carbocycles. The largest absolute Gasteiger partial charge is 0.304 e. The topological polar surface area (TPSA) is 27.0 Å². The third-order valence-corrected chi connectivity index (χ3v) is 2.61. The first-order chi connectivity index (χ1) is 6.57. The maximum Gasteiger partial charge on any atom is 0.0621 e. The van der Waals surface area contributed by atoms with Crippen LogP contribution in [0.25, 0.3) is 0 Å². The summed E-state index contributed by atoms with van der Waals surface area (Å²) in [5.74, 6) is 0.770. The van der Waals surface area contributed by atoms with Crippen LogP contribution in [-0.2, 0) is 0 Å². The van der Waals surface area contributed by atoms with Crippen molar-refractivity contribution in [3.05, 3.63) is 0 Å². The molecule has 0 saturated heterocycles. The molecule has 0 spiro atoms. The second kappa shape index (κ2) is 7.82. The van der Waals surface area contributed by atoms with E-state index in [1.165, 1.54) is 6.42 Å². The molecule has 0 bridgehead atoms. The molecule has 2 nitrogen and oxygen atoms in total. The molecule has 0 aliphatic rings. The Balaban J connectivity index is 3.52. The predicted octanol–water partition coefficient (Wildman–Crippen LogP) is 3.05. The van der Waals surface area contributed by atoms with Gasteiger partial charge in [0.05, 0.1) is 6.07 Å². The molecule has 0 aliphatic carbocycles. The van der Waals surface area contributed by atoms with Crippen LogP contribution in [0, 0.1) is 17.2 Å². The van der Waals surface area contributed by atoms with Crippen LogP contribution < -0.4 is 0 Å². The van der Waals surface area contributed by atoms with Gasteiger partial charge < -0.3 is 4.90 Å². The Morgan fingerprint density at radius 2 is 1.86 bits per heavy atom. The molecule has 0 aromatic rings. The Bertz CT molecular complexity index is 170. The van der Waals surface area contributed by atoms with E-state index in [2.05, 4.69) is 38.8 Å². The Kier molecular flexibility index (Phi) is 7.51. The summed E-state index contributed by atoms with van der Waals surface area (Å²) in [6, 6.07) is 2.85. The molecule has 0 radical (unpaired) electrons. The Labute approximate surface area is 88.9 Å². The first-order valence-electron chi connectivity index (χ1n) is 5.65. The maximum absolute atomic E-state index is 8.40. The minimum Gasteiger partial charge on any atom is -0.304 e. The Hall–Kier alpha value is -0.550. The first-order valence-corrected chi connectivity index (χ1v) is 5.65. The van der Waals surface area contributed by atoms with Crippen LogP contribution in [0.5, 0.6) is 0 Å². The van der Waals surface area contributed by atoms with Crippen LogP contribution in [0.15, 0.2) is 0 Å². The number of nitriles is 1. The van der Waals surface area contributed by atoms with Crippen molar-refractivity contribution in [1.82, 2.24) is 4.90 Å². The highest BCUT2D eigenvalue weighted by Crippen LogP contribution is 2.10. The highest BCUT2D eigenvalue weighted by atomic mass is 15.1. The smallest absolute Gasteiger partial charge is 0.0621 e. The van der Waals surface area contributed by atoms with E-state index in [1.54, 1.807) is 0 Å². The minimum absolute atomic E-state index is 0.664. The molecule has 0 saturated carbocycles. The van der Waals surface area contributed by atoms with Gasteiger partial charge in [-0.05, 0) is 45.7 Å². The van der Waals surface area contributed by atoms with Gasteiger partial charge >= 0.3 is 0 Å². The summed E-state index contributed by atoms with van der Waals surface area (Å²) in [4.78, 5) is 2.40. The minimum atomic E-state index is 0.664. The normalized spacial score (nSPS) is 13.2. The van der Waals surface area contributed by atoms with E-state index in [1.807, 2.05) is 0 Å². The van der Waals surface area contributed by atoms with Gasteiger partial charge in [-0.1, -0.05) is 13.8 Å². The molecule has 0 N–H and O–H groups in total. The summed E-state index contributed by atoms with van der Waals surface area (Å²) in [5, 5.41) is 8.40. The van der Waals surface area contributed by atoms with Gasteiger partial charge in [-0.15, -0.1) is 0 Å². The van der Waals surface area contributed by atoms with Crippen LogP contribution in [0.2, 0.25) is 0 Å². The van der Waals surface area contributed by atoms with Crippen LogP contribution in [-0.4, -0.2) is 24.5 Å². The van der Waals surface area contributed by atoms with Crippen molar-refractivity contribution in [2.24, 2.45) is 5.92 Å². The van der Waals surface area contributed by atoms with E-state index in [0.29, 0.717) is 12.5 Å². The van der Waals surface area contributed by atoms with E-state index < -0.39 is 0 Å². The summed E-state index contributed by atoms with van der Waals surface area (Å²) < 4.78 is 0. The van der Waals surface area contributed by atoms with E-state index in [4.69, 9.17) is 5.26 Å². The van der Waals surface area contributed by atoms with Gasteiger partial charge in [0.25, 0.3) is 0 Å². The van der Waals surface area contributed by atoms with Gasteiger partial charge in [0, 0.05) is 12.5 Å². The molecule has 1 unspecified atom stereocenters. The van der Waals surface area contributed by atoms with Crippen molar-refractivity contribution >= 4 is 0 Å². The van der Waals surface area contributed by atoms with E-state index in [0.717, 1.165) is 25.3 Å². The van der Waals surface area contributed by atoms with Crippen molar-refractivity contribution in [2.75, 3.05) is 13.6 Å². The first kappa shape index (κ1) is 13.4. The summed E-state index contributed by atoms with van der Waals surface area (Å²) in [5.41, 5.74) is 0. The van der Waals surface area contributed by atoms with Gasteiger partial charge in [-0.25, -0.2) is 0 Å². The van der Waals surface area contributed by atoms with Gasteiger partial charge in [0.1, 0.15) is 0 Å². The fourth-order valence-electron chi connectivity index (χ4n) is 1.65. The number of hydrogen-bond donors (Lipinski definition) is 0. The molecule has 1 atom stereocenters. The number of unbranched alkanes of at least 4 members (excludes halogenated alkanes) is 2. The highest BCUT2D eigenvalue weighted by Gasteiger charge is 2.09. The lowest BCUT2D eigenvalue weighted by molar-refractivity contribution is 0.225. The van der Waals surface area contributed by atoms with E-state index >= 15 is 0 Å². The second-order valence-electron chi connectivity index (χ2n) is 4.57. The van der Waals surface area contributed by atoms with Crippen molar-refractivity contribution in [3.8, 4) is 6.07 Å². The lowest BCUT2D eigenvalue weighted by Gasteiger charge is -2.25. The lowest BCUT2D eigenvalue weighted by atomic mass is 10.0. The van der Waals surface area contributed by atoms with Crippen molar-refractivity contribution in [3.63, 3.8) is 0 Å². The standard InChI is InChI=1S/C12H24N2/c1-11(2)10-12(3)14(4)9-7-5-6-8-13/h11-12H,5-7,9-10H2,1-4H3. The monoisotopic (exact) mass is 196 g/mol. The third-order valence-electron chi connectivity index (χ3n) is 2.61. The average molecular weight is 196 g/mol. The molecule has 0 rings (SSSR count). The zero-order valence-corrected chi connectivity index (χ0v) is 10.1. The quantitative estimate of drug-likeness (QED) is 0.585. The molecule has 2 heteroatoms. The zero-order chi connectivity index (χ0) is 11.0. The summed E-state index contributed by atoms with van der Waals surface area (Å²) in [7, 11) is 2.18. The van der Waals surface area contributed by atoms with Crippen LogP contribution >= 0.6 is 0 Å². The fraction of sp³-hybridized carbons (Fsp3) is 0.917. The predicted molar refractivity (Wildman–Crippen MR) is 61.0 cm³/mol.